The first-order valence-electron chi connectivity index (χ1n) is 9.55. The fourth-order valence-electron chi connectivity index (χ4n) is 4.35. The molecule has 0 aromatic carbocycles. The molecule has 0 unspecified atom stereocenters. The smallest absolute Gasteiger partial charge is 0.225 e. The Balaban J connectivity index is 1.43. The van der Waals surface area contributed by atoms with Gasteiger partial charge in [0.1, 0.15) is 5.82 Å². The average molecular weight is 328 g/mol. The number of hydrogen-bond donors (Lipinski definition) is 0. The number of amides is 1. The fraction of sp³-hybridized carbons (Fsp3) is 0.737. The van der Waals surface area contributed by atoms with Gasteiger partial charge in [0.05, 0.1) is 0 Å². The second-order valence-electron chi connectivity index (χ2n) is 7.76. The Labute approximate surface area is 144 Å². The van der Waals surface area contributed by atoms with Crippen molar-refractivity contribution < 1.29 is 4.79 Å². The van der Waals surface area contributed by atoms with Gasteiger partial charge in [0.25, 0.3) is 0 Å². The molecular formula is C19H28N4O. The van der Waals surface area contributed by atoms with Crippen molar-refractivity contribution in [3.05, 3.63) is 23.8 Å². The van der Waals surface area contributed by atoms with E-state index in [4.69, 9.17) is 0 Å². The van der Waals surface area contributed by atoms with E-state index in [9.17, 15) is 4.79 Å². The van der Waals surface area contributed by atoms with Crippen molar-refractivity contribution in [1.29, 1.82) is 0 Å². The monoisotopic (exact) mass is 328 g/mol. The molecule has 1 aromatic rings. The lowest BCUT2D eigenvalue weighted by Crippen LogP contribution is -2.45. The maximum atomic E-state index is 12.7. The summed E-state index contributed by atoms with van der Waals surface area (Å²) in [5.41, 5.74) is 1.19. The standard InChI is InChI=1S/C19H28N4O/c1-2-18-20-8-15(9-21-18)12-22-10-14-6-7-17(22)13-23(11-14)19(24)16-4-3-5-16/h8-9,14,16-17H,2-7,10-13H2,1H3/t14-,17-/m1/s1. The van der Waals surface area contributed by atoms with Gasteiger partial charge in [-0.3, -0.25) is 9.69 Å². The summed E-state index contributed by atoms with van der Waals surface area (Å²) in [5.74, 6) is 2.29. The number of carbonyl (C=O) groups is 1. The summed E-state index contributed by atoms with van der Waals surface area (Å²) >= 11 is 0. The van der Waals surface area contributed by atoms with Crippen LogP contribution in [0.5, 0.6) is 0 Å². The van der Waals surface area contributed by atoms with Crippen molar-refractivity contribution >= 4 is 5.91 Å². The second kappa shape index (κ2) is 6.79. The molecule has 1 amide bonds. The molecule has 0 radical (unpaired) electrons. The van der Waals surface area contributed by atoms with E-state index in [2.05, 4.69) is 26.7 Å². The maximum absolute atomic E-state index is 12.7. The van der Waals surface area contributed by atoms with Gasteiger partial charge < -0.3 is 4.90 Å². The molecule has 130 valence electrons. The van der Waals surface area contributed by atoms with Crippen molar-refractivity contribution in [3.63, 3.8) is 0 Å². The minimum absolute atomic E-state index is 0.325. The fourth-order valence-corrected chi connectivity index (χ4v) is 4.35. The van der Waals surface area contributed by atoms with Gasteiger partial charge in [0.15, 0.2) is 0 Å². The quantitative estimate of drug-likeness (QED) is 0.851. The number of aromatic nitrogens is 2. The van der Waals surface area contributed by atoms with E-state index in [1.54, 1.807) is 0 Å². The first kappa shape index (κ1) is 16.0. The van der Waals surface area contributed by atoms with Gasteiger partial charge in [-0.25, -0.2) is 9.97 Å². The molecule has 0 N–H and O–H groups in total. The minimum Gasteiger partial charge on any atom is -0.341 e. The van der Waals surface area contributed by atoms with E-state index in [0.29, 0.717) is 23.8 Å². The third kappa shape index (κ3) is 3.18. The number of hydrogen-bond acceptors (Lipinski definition) is 4. The minimum atomic E-state index is 0.325. The van der Waals surface area contributed by atoms with Crippen LogP contribution in [0.25, 0.3) is 0 Å². The van der Waals surface area contributed by atoms with Gasteiger partial charge in [-0.2, -0.15) is 0 Å². The Bertz CT molecular complexity index is 584. The molecule has 1 saturated carbocycles. The zero-order valence-electron chi connectivity index (χ0n) is 14.7. The summed E-state index contributed by atoms with van der Waals surface area (Å²) in [7, 11) is 0. The van der Waals surface area contributed by atoms with Crippen molar-refractivity contribution in [2.45, 2.75) is 58.0 Å². The van der Waals surface area contributed by atoms with Crippen LogP contribution in [-0.2, 0) is 17.8 Å². The zero-order chi connectivity index (χ0) is 16.5. The lowest BCUT2D eigenvalue weighted by molar-refractivity contribution is -0.138. The van der Waals surface area contributed by atoms with Gasteiger partial charge >= 0.3 is 0 Å². The molecule has 5 heteroatoms. The molecule has 4 aliphatic rings. The van der Waals surface area contributed by atoms with Crippen LogP contribution in [0.1, 0.15) is 50.4 Å². The third-order valence-electron chi connectivity index (χ3n) is 6.05. The van der Waals surface area contributed by atoms with Gasteiger partial charge in [0.2, 0.25) is 5.91 Å². The molecule has 2 atom stereocenters. The van der Waals surface area contributed by atoms with Crippen LogP contribution in [0.15, 0.2) is 12.4 Å². The molecule has 4 fully saturated rings. The van der Waals surface area contributed by atoms with Crippen LogP contribution >= 0.6 is 0 Å². The molecule has 24 heavy (non-hydrogen) atoms. The number of aryl methyl sites for hydroxylation is 1. The Morgan fingerprint density at radius 1 is 1.12 bits per heavy atom. The molecule has 3 saturated heterocycles. The Hall–Kier alpha value is -1.49. The Morgan fingerprint density at radius 3 is 2.58 bits per heavy atom. The van der Waals surface area contributed by atoms with Crippen molar-refractivity contribution in [2.75, 3.05) is 19.6 Å². The highest BCUT2D eigenvalue weighted by atomic mass is 16.2. The first-order chi connectivity index (χ1) is 11.7. The number of nitrogens with zero attached hydrogens (tertiary/aromatic N) is 4. The molecule has 3 aliphatic heterocycles. The maximum Gasteiger partial charge on any atom is 0.225 e. The Kier molecular flexibility index (Phi) is 4.53. The van der Waals surface area contributed by atoms with Gasteiger partial charge in [-0.05, 0) is 31.6 Å². The number of fused-ring (bicyclic) bond motifs is 4. The largest absolute Gasteiger partial charge is 0.341 e. The van der Waals surface area contributed by atoms with Crippen LogP contribution < -0.4 is 0 Å². The van der Waals surface area contributed by atoms with Crippen LogP contribution in [-0.4, -0.2) is 51.4 Å². The predicted molar refractivity (Wildman–Crippen MR) is 92.3 cm³/mol. The van der Waals surface area contributed by atoms with Crippen molar-refractivity contribution in [2.24, 2.45) is 11.8 Å². The molecule has 5 nitrogen and oxygen atoms in total. The van der Waals surface area contributed by atoms with Crippen molar-refractivity contribution in [1.82, 2.24) is 19.8 Å². The van der Waals surface area contributed by atoms with Gasteiger partial charge in [0, 0.05) is 62.5 Å². The van der Waals surface area contributed by atoms with Gasteiger partial charge in [-0.15, -0.1) is 0 Å². The van der Waals surface area contributed by atoms with E-state index in [-0.39, 0.29) is 0 Å². The summed E-state index contributed by atoms with van der Waals surface area (Å²) in [6.07, 6.45) is 10.8. The van der Waals surface area contributed by atoms with Crippen LogP contribution in [0.2, 0.25) is 0 Å². The summed E-state index contributed by atoms with van der Waals surface area (Å²) < 4.78 is 0. The van der Waals surface area contributed by atoms with Gasteiger partial charge in [-0.1, -0.05) is 13.3 Å². The number of carbonyl (C=O) groups excluding carboxylic acids is 1. The lowest BCUT2D eigenvalue weighted by atomic mass is 9.84. The average Bonchev–Trinajstić information content (AvgIpc) is 2.86. The van der Waals surface area contributed by atoms with E-state index >= 15 is 0 Å². The normalized spacial score (nSPS) is 27.8. The summed E-state index contributed by atoms with van der Waals surface area (Å²) in [6, 6.07) is 0.499. The highest BCUT2D eigenvalue weighted by molar-refractivity contribution is 5.79. The van der Waals surface area contributed by atoms with E-state index < -0.39 is 0 Å². The van der Waals surface area contributed by atoms with E-state index in [0.717, 1.165) is 51.3 Å². The molecular weight excluding hydrogens is 300 g/mol. The molecule has 5 rings (SSSR count). The molecule has 2 bridgehead atoms. The molecule has 1 aromatic heterocycles. The summed E-state index contributed by atoms with van der Waals surface area (Å²) in [4.78, 5) is 26.3. The predicted octanol–water partition coefficient (Wildman–Crippen LogP) is 2.26. The molecule has 1 aliphatic carbocycles. The molecule has 4 heterocycles. The SMILES string of the molecule is CCc1ncc(CN2C[C@H]3CC[C@@H]2CN(C(=O)C2CCC2)C3)cn1. The van der Waals surface area contributed by atoms with Crippen LogP contribution in [0.3, 0.4) is 0 Å². The number of rotatable bonds is 4. The van der Waals surface area contributed by atoms with E-state index in [1.165, 1.54) is 24.8 Å². The first-order valence-corrected chi connectivity index (χ1v) is 9.55. The zero-order valence-corrected chi connectivity index (χ0v) is 14.7. The van der Waals surface area contributed by atoms with Crippen molar-refractivity contribution in [3.8, 4) is 0 Å². The van der Waals surface area contributed by atoms with Crippen LogP contribution in [0, 0.1) is 11.8 Å². The second-order valence-corrected chi connectivity index (χ2v) is 7.76. The third-order valence-corrected chi connectivity index (χ3v) is 6.05. The Morgan fingerprint density at radius 2 is 1.92 bits per heavy atom. The number of piperidine rings is 1. The highest BCUT2D eigenvalue weighted by Gasteiger charge is 2.39. The summed E-state index contributed by atoms with van der Waals surface area (Å²) in [6.45, 7) is 5.98. The topological polar surface area (TPSA) is 49.3 Å². The highest BCUT2D eigenvalue weighted by Crippen LogP contribution is 2.33. The lowest BCUT2D eigenvalue weighted by Gasteiger charge is -2.36. The summed E-state index contributed by atoms with van der Waals surface area (Å²) in [5, 5.41) is 0. The molecule has 0 spiro atoms. The van der Waals surface area contributed by atoms with E-state index in [1.807, 2.05) is 12.4 Å². The van der Waals surface area contributed by atoms with Crippen LogP contribution in [0.4, 0.5) is 0 Å².